The lowest BCUT2D eigenvalue weighted by atomic mass is 9.67. The number of carbonyl (C=O) groups excluding carboxylic acids is 2. The van der Waals surface area contributed by atoms with Crippen LogP contribution in [0.1, 0.15) is 60.4 Å². The molecule has 298 valence electrons. The van der Waals surface area contributed by atoms with Gasteiger partial charge in [-0.2, -0.15) is 0 Å². The number of rotatable bonds is 16. The predicted octanol–water partition coefficient (Wildman–Crippen LogP) is 12.1. The van der Waals surface area contributed by atoms with Gasteiger partial charge in [0.05, 0.1) is 32.3 Å². The molecule has 6 nitrogen and oxygen atoms in total. The molecule has 0 amide bonds. The Morgan fingerprint density at radius 3 is 1.75 bits per heavy atom. The van der Waals surface area contributed by atoms with Gasteiger partial charge >= 0.3 is 0 Å². The Hall–Kier alpha value is -6.50. The molecule has 1 unspecified atom stereocenters. The first kappa shape index (κ1) is 40.7. The number of unbranched alkanes of at least 4 members (excludes halogenated alkanes) is 1. The summed E-state index contributed by atoms with van der Waals surface area (Å²) in [4.78, 5) is 22.5. The number of methoxy groups -OCH3 is 2. The fraction of sp³-hybridized carbons (Fsp3) is 0.208. The van der Waals surface area contributed by atoms with E-state index in [9.17, 15) is 9.59 Å². The van der Waals surface area contributed by atoms with Crippen molar-refractivity contribution in [1.82, 2.24) is 0 Å². The Morgan fingerprint density at radius 2 is 1.17 bits per heavy atom. The minimum atomic E-state index is -0.715. The summed E-state index contributed by atoms with van der Waals surface area (Å²) < 4.78 is 23.8. The van der Waals surface area contributed by atoms with E-state index in [0.717, 1.165) is 72.9 Å². The van der Waals surface area contributed by atoms with Crippen LogP contribution in [0.25, 0.3) is 43.4 Å². The zero-order valence-electron chi connectivity index (χ0n) is 34.1. The second kappa shape index (κ2) is 18.4. The van der Waals surface area contributed by atoms with Crippen LogP contribution in [0.2, 0.25) is 0 Å². The van der Waals surface area contributed by atoms with Crippen molar-refractivity contribution in [3.05, 3.63) is 174 Å². The molecule has 7 aromatic carbocycles. The summed E-state index contributed by atoms with van der Waals surface area (Å²) >= 11 is 0. The minimum absolute atomic E-state index is 0.0248. The number of aldehydes is 1. The van der Waals surface area contributed by atoms with Gasteiger partial charge in [-0.15, -0.1) is 6.58 Å². The second-order valence-electron chi connectivity index (χ2n) is 14.8. The molecule has 6 heteroatoms. The number of benzene rings is 7. The van der Waals surface area contributed by atoms with Crippen molar-refractivity contribution in [2.75, 3.05) is 27.4 Å². The molecule has 0 radical (unpaired) electrons. The van der Waals surface area contributed by atoms with Crippen LogP contribution in [0.15, 0.2) is 147 Å². The summed E-state index contributed by atoms with van der Waals surface area (Å²) in [5, 5.41) is 6.66. The van der Waals surface area contributed by atoms with Crippen LogP contribution in [-0.2, 0) is 26.3 Å². The third-order valence-corrected chi connectivity index (χ3v) is 11.0. The molecule has 1 aliphatic carbocycles. The first-order chi connectivity index (χ1) is 28.9. The minimum Gasteiger partial charge on any atom is -0.496 e. The van der Waals surface area contributed by atoms with E-state index >= 15 is 0 Å². The first-order valence-corrected chi connectivity index (χ1v) is 20.1. The summed E-state index contributed by atoms with van der Waals surface area (Å²) in [5.41, 5.74) is 7.21. The fourth-order valence-corrected chi connectivity index (χ4v) is 8.31. The molecule has 1 atom stereocenters. The van der Waals surface area contributed by atoms with Crippen molar-refractivity contribution in [2.45, 2.75) is 44.6 Å². The Morgan fingerprint density at radius 1 is 0.644 bits per heavy atom. The molecule has 7 aromatic rings. The smallest absolute Gasteiger partial charge is 0.155 e. The topological polar surface area (TPSA) is 71.1 Å². The molecule has 0 spiro atoms. The van der Waals surface area contributed by atoms with Crippen LogP contribution in [0, 0.1) is 0 Å². The molecule has 0 fully saturated rings. The highest BCUT2D eigenvalue weighted by molar-refractivity contribution is 5.98. The number of fused-ring (bicyclic) bond motifs is 6. The molecule has 0 heterocycles. The van der Waals surface area contributed by atoms with Crippen LogP contribution >= 0.6 is 0 Å². The number of ether oxygens (including phenoxy) is 4. The van der Waals surface area contributed by atoms with E-state index in [2.05, 4.69) is 122 Å². The van der Waals surface area contributed by atoms with E-state index in [0.29, 0.717) is 45.5 Å². The molecule has 0 aromatic heterocycles. The normalized spacial score (nSPS) is 13.9. The molecule has 8 rings (SSSR count). The molecular formula is C53H50O6. The van der Waals surface area contributed by atoms with Crippen molar-refractivity contribution in [3.63, 3.8) is 0 Å². The lowest BCUT2D eigenvalue weighted by Crippen LogP contribution is -2.28. The second-order valence-corrected chi connectivity index (χ2v) is 14.8. The van der Waals surface area contributed by atoms with Crippen molar-refractivity contribution in [2.24, 2.45) is 0 Å². The average molecular weight is 783 g/mol. The maximum Gasteiger partial charge on any atom is 0.155 e. The average Bonchev–Trinajstić information content (AvgIpc) is 3.53. The Bertz CT molecular complexity index is 2670. The number of allylic oxidation sites excluding steroid dienone is 2. The molecule has 0 aliphatic heterocycles. The van der Waals surface area contributed by atoms with Gasteiger partial charge < -0.3 is 23.7 Å². The third-order valence-electron chi connectivity index (χ3n) is 11.0. The summed E-state index contributed by atoms with van der Waals surface area (Å²) in [6, 6.07) is 43.6. The van der Waals surface area contributed by atoms with Crippen molar-refractivity contribution < 1.29 is 28.5 Å². The van der Waals surface area contributed by atoms with Gasteiger partial charge in [0.2, 0.25) is 0 Å². The van der Waals surface area contributed by atoms with Crippen LogP contribution in [0.5, 0.6) is 17.2 Å². The van der Waals surface area contributed by atoms with E-state index in [-0.39, 0.29) is 5.78 Å². The molecule has 59 heavy (non-hydrogen) atoms. The third kappa shape index (κ3) is 8.14. The lowest BCUT2D eigenvalue weighted by Gasteiger charge is -2.35. The largest absolute Gasteiger partial charge is 0.496 e. The van der Waals surface area contributed by atoms with Crippen molar-refractivity contribution >= 4 is 44.4 Å². The van der Waals surface area contributed by atoms with Crippen LogP contribution < -0.4 is 14.2 Å². The van der Waals surface area contributed by atoms with Crippen LogP contribution in [0.3, 0.4) is 0 Å². The maximum absolute atomic E-state index is 11.7. The summed E-state index contributed by atoms with van der Waals surface area (Å²) in [7, 11) is 3.44. The number of ketones is 1. The standard InChI is InChI=1S/C50H44O6.C3H6/c1-4-42(52)12-9-23-56-44-20-16-36-25-41(18-14-38(36)27-44)50(40-17-13-37-26-43(19-15-35(37)24-40)55-22-8-7-21-51)47-30-34-11-6-5-10-33(34)28-45(47)46-29-39(32-53-2)49(54-3)31-48(46)50;1-3-2/h4-6,10-11,13-21,24-31H,1,7-9,12,22-23,32H2,2-3H3;3H,1H2,2H3. The zero-order valence-corrected chi connectivity index (χ0v) is 34.1. The van der Waals surface area contributed by atoms with Gasteiger partial charge in [0.1, 0.15) is 23.5 Å². The molecule has 0 saturated carbocycles. The van der Waals surface area contributed by atoms with Gasteiger partial charge in [-0.1, -0.05) is 73.3 Å². The van der Waals surface area contributed by atoms with Crippen molar-refractivity contribution in [3.8, 4) is 28.4 Å². The van der Waals surface area contributed by atoms with Crippen LogP contribution in [-0.4, -0.2) is 39.5 Å². The van der Waals surface area contributed by atoms with E-state index in [1.165, 1.54) is 28.0 Å². The van der Waals surface area contributed by atoms with Gasteiger partial charge in [-0.05, 0) is 152 Å². The highest BCUT2D eigenvalue weighted by Crippen LogP contribution is 2.58. The Kier molecular flexibility index (Phi) is 12.7. The SMILES string of the molecule is C=CC.C=CC(=O)CCCOc1ccc2cc(C3(c4ccc5cc(OCCCC=O)ccc5c4)c4cc(OC)c(COC)cc4-c4cc5ccccc5cc43)ccc2c1. The van der Waals surface area contributed by atoms with Gasteiger partial charge in [0, 0.05) is 25.5 Å². The van der Waals surface area contributed by atoms with Gasteiger partial charge in [0.15, 0.2) is 5.78 Å². The van der Waals surface area contributed by atoms with Gasteiger partial charge in [0.25, 0.3) is 0 Å². The summed E-state index contributed by atoms with van der Waals surface area (Å²) in [6.07, 6.45) is 6.27. The maximum atomic E-state index is 11.7. The van der Waals surface area contributed by atoms with Gasteiger partial charge in [-0.25, -0.2) is 0 Å². The summed E-state index contributed by atoms with van der Waals surface area (Å²) in [5.74, 6) is 2.36. The number of hydrogen-bond donors (Lipinski definition) is 0. The quantitative estimate of drug-likeness (QED) is 0.0421. The molecule has 1 aliphatic rings. The highest BCUT2D eigenvalue weighted by Gasteiger charge is 2.47. The Balaban J connectivity index is 0.00000171. The van der Waals surface area contributed by atoms with E-state index < -0.39 is 5.41 Å². The lowest BCUT2D eigenvalue weighted by molar-refractivity contribution is -0.114. The predicted molar refractivity (Wildman–Crippen MR) is 240 cm³/mol. The molecule has 0 saturated heterocycles. The van der Waals surface area contributed by atoms with Gasteiger partial charge in [-0.3, -0.25) is 4.79 Å². The molecular weight excluding hydrogens is 733 g/mol. The first-order valence-electron chi connectivity index (χ1n) is 20.1. The van der Waals surface area contributed by atoms with Crippen molar-refractivity contribution in [1.29, 1.82) is 0 Å². The molecule has 0 bridgehead atoms. The van der Waals surface area contributed by atoms with E-state index in [1.807, 2.05) is 19.1 Å². The number of hydrogen-bond acceptors (Lipinski definition) is 6. The molecule has 0 N–H and O–H groups in total. The fourth-order valence-electron chi connectivity index (χ4n) is 8.31. The monoisotopic (exact) mass is 782 g/mol. The highest BCUT2D eigenvalue weighted by atomic mass is 16.5. The number of carbonyl (C=O) groups is 2. The summed E-state index contributed by atoms with van der Waals surface area (Å²) in [6.45, 7) is 10.2. The zero-order chi connectivity index (χ0) is 41.4. The Labute approximate surface area is 346 Å². The van der Waals surface area contributed by atoms with Crippen LogP contribution in [0.4, 0.5) is 0 Å². The van der Waals surface area contributed by atoms with E-state index in [1.54, 1.807) is 20.3 Å². The van der Waals surface area contributed by atoms with E-state index in [4.69, 9.17) is 18.9 Å².